The third kappa shape index (κ3) is 3.25. The molecule has 1 amide bonds. The maximum absolute atomic E-state index is 13.8. The van der Waals surface area contributed by atoms with E-state index in [1.165, 1.54) is 24.3 Å². The molecule has 2 aromatic rings. The van der Waals surface area contributed by atoms with Gasteiger partial charge in [-0.05, 0) is 12.1 Å². The van der Waals surface area contributed by atoms with Crippen LogP contribution in [-0.2, 0) is 0 Å². The zero-order valence-electron chi connectivity index (χ0n) is 10.1. The van der Waals surface area contributed by atoms with Gasteiger partial charge in [-0.3, -0.25) is 5.32 Å². The second-order valence-electron chi connectivity index (χ2n) is 3.83. The molecule has 0 aliphatic rings. The summed E-state index contributed by atoms with van der Waals surface area (Å²) in [5.74, 6) is -0.307. The average Bonchev–Trinajstić information content (AvgIpc) is 2.30. The van der Waals surface area contributed by atoms with Crippen molar-refractivity contribution in [2.45, 2.75) is 0 Å². The first-order valence-electron chi connectivity index (χ1n) is 5.44. The van der Waals surface area contributed by atoms with E-state index in [2.05, 4.69) is 4.98 Å². The molecule has 0 bridgehead atoms. The molecule has 7 nitrogen and oxygen atoms in total. The maximum atomic E-state index is 13.8. The quantitative estimate of drug-likeness (QED) is 0.682. The number of carbonyl (C=O) groups is 1. The largest absolute Gasteiger partial charge is 0.465 e. The number of aromatic nitrogens is 1. The Hall–Kier alpha value is -3.03. The van der Waals surface area contributed by atoms with E-state index in [-0.39, 0.29) is 28.8 Å². The van der Waals surface area contributed by atoms with Crippen LogP contribution in [0.15, 0.2) is 30.3 Å². The molecule has 1 aromatic heterocycles. The van der Waals surface area contributed by atoms with Crippen molar-refractivity contribution in [1.29, 1.82) is 0 Å². The number of rotatable bonds is 3. The number of nitrogens with two attached hydrogens (primary N) is 2. The molecule has 0 saturated carbocycles. The zero-order valence-corrected chi connectivity index (χ0v) is 10.1. The molecule has 0 fully saturated rings. The van der Waals surface area contributed by atoms with E-state index in [9.17, 15) is 9.18 Å². The number of benzene rings is 1. The number of nitrogen functional groups attached to an aromatic ring is 2. The van der Waals surface area contributed by atoms with Crippen LogP contribution in [0.3, 0.4) is 0 Å². The molecule has 1 aromatic carbocycles. The monoisotopic (exact) mass is 278 g/mol. The Morgan fingerprint density at radius 2 is 1.90 bits per heavy atom. The Morgan fingerprint density at radius 3 is 2.45 bits per heavy atom. The fourth-order valence-electron chi connectivity index (χ4n) is 1.52. The van der Waals surface area contributed by atoms with Gasteiger partial charge in [0.2, 0.25) is 0 Å². The van der Waals surface area contributed by atoms with Crippen LogP contribution in [0.4, 0.5) is 26.5 Å². The van der Waals surface area contributed by atoms with Crippen LogP contribution in [0.1, 0.15) is 0 Å². The van der Waals surface area contributed by atoms with Crippen LogP contribution >= 0.6 is 0 Å². The number of halogens is 1. The van der Waals surface area contributed by atoms with Crippen LogP contribution in [0, 0.1) is 5.82 Å². The van der Waals surface area contributed by atoms with E-state index in [4.69, 9.17) is 21.3 Å². The minimum atomic E-state index is -1.28. The molecule has 0 atom stereocenters. The van der Waals surface area contributed by atoms with Gasteiger partial charge in [0, 0.05) is 23.9 Å². The number of nitrogens with one attached hydrogen (secondary N) is 1. The highest BCUT2D eigenvalue weighted by atomic mass is 19.1. The third-order valence-electron chi connectivity index (χ3n) is 2.25. The zero-order chi connectivity index (χ0) is 14.7. The van der Waals surface area contributed by atoms with Gasteiger partial charge >= 0.3 is 6.09 Å². The van der Waals surface area contributed by atoms with Crippen molar-refractivity contribution < 1.29 is 19.0 Å². The number of hydrogen-bond acceptors (Lipinski definition) is 5. The van der Waals surface area contributed by atoms with E-state index in [0.29, 0.717) is 0 Å². The van der Waals surface area contributed by atoms with Crippen molar-refractivity contribution >= 4 is 23.4 Å². The average molecular weight is 278 g/mol. The molecule has 0 unspecified atom stereocenters. The van der Waals surface area contributed by atoms with Crippen LogP contribution in [0.2, 0.25) is 0 Å². The van der Waals surface area contributed by atoms with E-state index >= 15 is 0 Å². The first-order valence-corrected chi connectivity index (χ1v) is 5.44. The van der Waals surface area contributed by atoms with E-state index < -0.39 is 11.9 Å². The van der Waals surface area contributed by atoms with Gasteiger partial charge in [-0.25, -0.2) is 14.2 Å². The van der Waals surface area contributed by atoms with Gasteiger partial charge in [-0.15, -0.1) is 0 Å². The first kappa shape index (κ1) is 13.4. The smallest absolute Gasteiger partial charge is 0.409 e. The van der Waals surface area contributed by atoms with E-state index in [1.54, 1.807) is 0 Å². The number of anilines is 3. The highest BCUT2D eigenvalue weighted by molar-refractivity contribution is 5.82. The van der Waals surface area contributed by atoms with E-state index in [0.717, 1.165) is 6.07 Å². The number of hydrogen-bond donors (Lipinski definition) is 4. The number of carboxylic acid groups (broad SMARTS) is 1. The number of amides is 1. The van der Waals surface area contributed by atoms with Crippen molar-refractivity contribution in [3.05, 3.63) is 36.1 Å². The Morgan fingerprint density at radius 1 is 1.25 bits per heavy atom. The van der Waals surface area contributed by atoms with Crippen LogP contribution in [0.5, 0.6) is 11.5 Å². The molecular formula is C12H11FN4O3. The molecule has 20 heavy (non-hydrogen) atoms. The summed E-state index contributed by atoms with van der Waals surface area (Å²) in [5.41, 5.74) is 11.1. The minimum Gasteiger partial charge on any atom is -0.465 e. The maximum Gasteiger partial charge on any atom is 0.409 e. The lowest BCUT2D eigenvalue weighted by Crippen LogP contribution is -2.07. The van der Waals surface area contributed by atoms with Gasteiger partial charge in [0.15, 0.2) is 11.6 Å². The molecule has 6 N–H and O–H groups in total. The molecule has 0 radical (unpaired) electrons. The molecule has 104 valence electrons. The Bertz CT molecular complexity index is 643. The van der Waals surface area contributed by atoms with Crippen LogP contribution in [0.25, 0.3) is 0 Å². The molecule has 0 saturated heterocycles. The molecule has 2 rings (SSSR count). The lowest BCUT2D eigenvalue weighted by Gasteiger charge is -2.09. The molecule has 1 heterocycles. The molecule has 8 heteroatoms. The van der Waals surface area contributed by atoms with Crippen molar-refractivity contribution in [2.24, 2.45) is 0 Å². The summed E-state index contributed by atoms with van der Waals surface area (Å²) < 4.78 is 19.0. The summed E-state index contributed by atoms with van der Waals surface area (Å²) in [4.78, 5) is 14.2. The topological polar surface area (TPSA) is 123 Å². The van der Waals surface area contributed by atoms with Crippen molar-refractivity contribution in [3.8, 4) is 11.5 Å². The van der Waals surface area contributed by atoms with E-state index in [1.807, 2.05) is 5.32 Å². The first-order chi connectivity index (χ1) is 9.44. The molecule has 0 aliphatic carbocycles. The van der Waals surface area contributed by atoms with Gasteiger partial charge in [0.05, 0.1) is 0 Å². The summed E-state index contributed by atoms with van der Waals surface area (Å²) >= 11 is 0. The SMILES string of the molecule is Nc1cc(Oc2ccc(NC(=O)O)cc2F)cc(N)n1. The second kappa shape index (κ2) is 5.31. The van der Waals surface area contributed by atoms with Gasteiger partial charge in [-0.1, -0.05) is 0 Å². The summed E-state index contributed by atoms with van der Waals surface area (Å²) in [5, 5.41) is 10.5. The Kier molecular flexibility index (Phi) is 3.56. The van der Waals surface area contributed by atoms with Crippen molar-refractivity contribution in [3.63, 3.8) is 0 Å². The van der Waals surface area contributed by atoms with Crippen molar-refractivity contribution in [1.82, 2.24) is 4.98 Å². The second-order valence-corrected chi connectivity index (χ2v) is 3.83. The summed E-state index contributed by atoms with van der Waals surface area (Å²) in [6.07, 6.45) is -1.28. The van der Waals surface area contributed by atoms with Gasteiger partial charge in [-0.2, -0.15) is 0 Å². The molecule has 0 spiro atoms. The Balaban J connectivity index is 2.23. The summed E-state index contributed by atoms with van der Waals surface area (Å²) in [7, 11) is 0. The molecule has 0 aliphatic heterocycles. The highest BCUT2D eigenvalue weighted by Gasteiger charge is 2.08. The summed E-state index contributed by atoms with van der Waals surface area (Å²) in [6, 6.07) is 6.42. The highest BCUT2D eigenvalue weighted by Crippen LogP contribution is 2.28. The Labute approximate surface area is 113 Å². The van der Waals surface area contributed by atoms with Crippen molar-refractivity contribution in [2.75, 3.05) is 16.8 Å². The fraction of sp³-hybridized carbons (Fsp3) is 0. The number of pyridine rings is 1. The van der Waals surface area contributed by atoms with Gasteiger partial charge in [0.25, 0.3) is 0 Å². The fourth-order valence-corrected chi connectivity index (χ4v) is 1.52. The third-order valence-corrected chi connectivity index (χ3v) is 2.25. The lowest BCUT2D eigenvalue weighted by molar-refractivity contribution is 0.209. The predicted octanol–water partition coefficient (Wildman–Crippen LogP) is 2.27. The number of nitrogens with zero attached hydrogens (tertiary/aromatic N) is 1. The molecular weight excluding hydrogens is 267 g/mol. The summed E-state index contributed by atoms with van der Waals surface area (Å²) in [6.45, 7) is 0. The van der Waals surface area contributed by atoms with Gasteiger partial charge < -0.3 is 21.3 Å². The standard InChI is InChI=1S/C12H11FN4O3/c13-8-3-6(16-12(18)19)1-2-9(8)20-7-4-10(14)17-11(15)5-7/h1-5,16H,(H,18,19)(H4,14,15,17). The predicted molar refractivity (Wildman–Crippen MR) is 71.2 cm³/mol. The van der Waals surface area contributed by atoms with Crippen LogP contribution < -0.4 is 21.5 Å². The number of ether oxygens (including phenoxy) is 1. The van der Waals surface area contributed by atoms with Gasteiger partial charge in [0.1, 0.15) is 17.4 Å². The lowest BCUT2D eigenvalue weighted by atomic mass is 10.3. The van der Waals surface area contributed by atoms with Crippen LogP contribution in [-0.4, -0.2) is 16.2 Å². The minimum absolute atomic E-state index is 0.0917. The normalized spacial score (nSPS) is 10.1.